The minimum absolute atomic E-state index is 0.167. The number of likely N-dealkylation sites (tertiary alicyclic amines) is 1. The summed E-state index contributed by atoms with van der Waals surface area (Å²) >= 11 is 3.38. The Bertz CT molecular complexity index is 627. The lowest BCUT2D eigenvalue weighted by atomic mass is 10.2. The number of halogens is 1. The number of hydrogen-bond acceptors (Lipinski definition) is 3. The number of nitrogens with one attached hydrogen (secondary N) is 1. The van der Waals surface area contributed by atoms with E-state index in [2.05, 4.69) is 25.9 Å². The summed E-state index contributed by atoms with van der Waals surface area (Å²) in [6, 6.07) is 8.10. The maximum atomic E-state index is 11.4. The molecule has 1 aromatic heterocycles. The van der Waals surface area contributed by atoms with Gasteiger partial charge in [0, 0.05) is 17.6 Å². The van der Waals surface area contributed by atoms with Gasteiger partial charge in [-0.05, 0) is 51.3 Å². The summed E-state index contributed by atoms with van der Waals surface area (Å²) in [6.07, 6.45) is 5.54. The zero-order valence-electron chi connectivity index (χ0n) is 14.4. The number of aromatic nitrogens is 2. The molecule has 2 heterocycles. The molecule has 24 heavy (non-hydrogen) atoms. The third kappa shape index (κ3) is 6.00. The molecule has 1 amide bonds. The maximum Gasteiger partial charge on any atom is 0.410 e. The average Bonchev–Trinajstić information content (AvgIpc) is 3.21. The van der Waals surface area contributed by atoms with Gasteiger partial charge in [0.1, 0.15) is 5.60 Å². The van der Waals surface area contributed by atoms with Crippen LogP contribution in [0.5, 0.6) is 0 Å². The Balaban J connectivity index is 0.000000174. The van der Waals surface area contributed by atoms with E-state index in [0.717, 1.165) is 41.7 Å². The van der Waals surface area contributed by atoms with E-state index in [9.17, 15) is 4.79 Å². The first kappa shape index (κ1) is 18.5. The van der Waals surface area contributed by atoms with Crippen LogP contribution >= 0.6 is 15.9 Å². The summed E-state index contributed by atoms with van der Waals surface area (Å²) in [4.78, 5) is 20.1. The molecule has 1 aliphatic rings. The second kappa shape index (κ2) is 8.33. The Kier molecular flexibility index (Phi) is 6.43. The van der Waals surface area contributed by atoms with E-state index in [1.807, 2.05) is 51.2 Å². The maximum absolute atomic E-state index is 11.4. The van der Waals surface area contributed by atoms with Crippen molar-refractivity contribution in [3.8, 4) is 11.3 Å². The average molecular weight is 394 g/mol. The molecule has 1 fully saturated rings. The van der Waals surface area contributed by atoms with Crippen molar-refractivity contribution >= 4 is 22.0 Å². The van der Waals surface area contributed by atoms with Crippen molar-refractivity contribution in [2.45, 2.75) is 39.2 Å². The minimum atomic E-state index is -0.361. The fourth-order valence-corrected chi connectivity index (χ4v) is 2.53. The predicted octanol–water partition coefficient (Wildman–Crippen LogP) is 4.86. The normalized spacial score (nSPS) is 14.1. The van der Waals surface area contributed by atoms with Crippen molar-refractivity contribution in [1.29, 1.82) is 0 Å². The van der Waals surface area contributed by atoms with Crippen LogP contribution in [0.1, 0.15) is 33.6 Å². The Hall–Kier alpha value is -1.82. The van der Waals surface area contributed by atoms with Gasteiger partial charge in [-0.2, -0.15) is 0 Å². The topological polar surface area (TPSA) is 58.2 Å². The Labute approximate surface area is 151 Å². The quantitative estimate of drug-likeness (QED) is 0.752. The molecule has 2 aromatic rings. The van der Waals surface area contributed by atoms with E-state index in [1.165, 1.54) is 0 Å². The molecule has 130 valence electrons. The Morgan fingerprint density at radius 2 is 1.83 bits per heavy atom. The highest BCUT2D eigenvalue weighted by Crippen LogP contribution is 2.18. The van der Waals surface area contributed by atoms with Crippen LogP contribution in [-0.2, 0) is 4.74 Å². The summed E-state index contributed by atoms with van der Waals surface area (Å²) < 4.78 is 6.30. The highest BCUT2D eigenvalue weighted by atomic mass is 79.9. The third-order valence-corrected chi connectivity index (χ3v) is 3.94. The zero-order chi connectivity index (χ0) is 17.6. The molecule has 1 saturated heterocycles. The van der Waals surface area contributed by atoms with Crippen molar-refractivity contribution in [3.63, 3.8) is 0 Å². The van der Waals surface area contributed by atoms with E-state index in [4.69, 9.17) is 4.74 Å². The van der Waals surface area contributed by atoms with Crippen LogP contribution in [0.15, 0.2) is 41.3 Å². The second-order valence-corrected chi connectivity index (χ2v) is 7.56. The lowest BCUT2D eigenvalue weighted by Gasteiger charge is -2.23. The second-order valence-electron chi connectivity index (χ2n) is 6.65. The molecule has 0 saturated carbocycles. The van der Waals surface area contributed by atoms with Crippen molar-refractivity contribution in [3.05, 3.63) is 41.3 Å². The molecular weight excluding hydrogens is 370 g/mol. The van der Waals surface area contributed by atoms with Crippen LogP contribution in [-0.4, -0.2) is 39.7 Å². The predicted molar refractivity (Wildman–Crippen MR) is 98.8 cm³/mol. The largest absolute Gasteiger partial charge is 0.444 e. The van der Waals surface area contributed by atoms with Crippen LogP contribution in [0.25, 0.3) is 11.3 Å². The van der Waals surface area contributed by atoms with Gasteiger partial charge in [-0.1, -0.05) is 28.1 Å². The molecule has 0 bridgehead atoms. The number of nitrogens with zero attached hydrogens (tertiary/aromatic N) is 2. The highest BCUT2D eigenvalue weighted by molar-refractivity contribution is 9.10. The van der Waals surface area contributed by atoms with Crippen LogP contribution in [0.4, 0.5) is 4.79 Å². The van der Waals surface area contributed by atoms with Gasteiger partial charge in [0.15, 0.2) is 0 Å². The molecule has 1 N–H and O–H groups in total. The molecular formula is C18H24BrN3O2. The summed E-state index contributed by atoms with van der Waals surface area (Å²) in [5, 5.41) is 0. The van der Waals surface area contributed by atoms with E-state index in [-0.39, 0.29) is 11.7 Å². The number of carbonyl (C=O) groups excluding carboxylic acids is 1. The van der Waals surface area contributed by atoms with Crippen LogP contribution < -0.4 is 0 Å². The molecule has 0 radical (unpaired) electrons. The Morgan fingerprint density at radius 3 is 2.33 bits per heavy atom. The van der Waals surface area contributed by atoms with Gasteiger partial charge >= 0.3 is 6.09 Å². The van der Waals surface area contributed by atoms with Crippen molar-refractivity contribution < 1.29 is 9.53 Å². The number of rotatable bonds is 1. The molecule has 0 spiro atoms. The number of amides is 1. The first-order valence-corrected chi connectivity index (χ1v) is 8.87. The monoisotopic (exact) mass is 393 g/mol. The smallest absolute Gasteiger partial charge is 0.410 e. The van der Waals surface area contributed by atoms with Crippen LogP contribution in [0.3, 0.4) is 0 Å². The lowest BCUT2D eigenvalue weighted by molar-refractivity contribution is 0.0295. The fraction of sp³-hybridized carbons (Fsp3) is 0.444. The number of benzene rings is 1. The van der Waals surface area contributed by atoms with Gasteiger partial charge < -0.3 is 14.6 Å². The van der Waals surface area contributed by atoms with Gasteiger partial charge in [-0.25, -0.2) is 9.78 Å². The Morgan fingerprint density at radius 1 is 1.21 bits per heavy atom. The zero-order valence-corrected chi connectivity index (χ0v) is 16.0. The molecule has 6 heteroatoms. The SMILES string of the molecule is Brc1ccc(-c2cnc[nH]2)cc1.CC(C)(C)OC(=O)N1CCCC1. The molecule has 3 rings (SSSR count). The number of ether oxygens (including phenoxy) is 1. The third-order valence-electron chi connectivity index (χ3n) is 3.41. The van der Waals surface area contributed by atoms with E-state index in [1.54, 1.807) is 11.2 Å². The highest BCUT2D eigenvalue weighted by Gasteiger charge is 2.23. The number of hydrogen-bond donors (Lipinski definition) is 1. The van der Waals surface area contributed by atoms with E-state index >= 15 is 0 Å². The summed E-state index contributed by atoms with van der Waals surface area (Å²) in [5.74, 6) is 0. The van der Waals surface area contributed by atoms with E-state index in [0.29, 0.717) is 0 Å². The first-order valence-electron chi connectivity index (χ1n) is 8.07. The van der Waals surface area contributed by atoms with E-state index < -0.39 is 0 Å². The molecule has 1 aromatic carbocycles. The lowest BCUT2D eigenvalue weighted by Crippen LogP contribution is -2.34. The van der Waals surface area contributed by atoms with Gasteiger partial charge in [0.25, 0.3) is 0 Å². The fourth-order valence-electron chi connectivity index (χ4n) is 2.27. The van der Waals surface area contributed by atoms with Crippen molar-refractivity contribution in [2.24, 2.45) is 0 Å². The molecule has 5 nitrogen and oxygen atoms in total. The van der Waals surface area contributed by atoms with Gasteiger partial charge in [-0.3, -0.25) is 0 Å². The van der Waals surface area contributed by atoms with Gasteiger partial charge in [0.05, 0.1) is 18.2 Å². The number of H-pyrrole nitrogens is 1. The molecule has 0 unspecified atom stereocenters. The van der Waals surface area contributed by atoms with Crippen molar-refractivity contribution in [2.75, 3.05) is 13.1 Å². The number of aromatic amines is 1. The minimum Gasteiger partial charge on any atom is -0.444 e. The standard InChI is InChI=1S/C9H7BrN2.C9H17NO2/c10-8-3-1-7(2-4-8)9-5-11-6-12-9;1-9(2,3)12-8(11)10-6-4-5-7-10/h1-6H,(H,11,12);4-7H2,1-3H3. The van der Waals surface area contributed by atoms with Gasteiger partial charge in [0.2, 0.25) is 0 Å². The van der Waals surface area contributed by atoms with Crippen molar-refractivity contribution in [1.82, 2.24) is 14.9 Å². The van der Waals surface area contributed by atoms with Crippen LogP contribution in [0.2, 0.25) is 0 Å². The summed E-state index contributed by atoms with van der Waals surface area (Å²) in [7, 11) is 0. The van der Waals surface area contributed by atoms with Gasteiger partial charge in [-0.15, -0.1) is 0 Å². The summed E-state index contributed by atoms with van der Waals surface area (Å²) in [6.45, 7) is 7.38. The number of imidazole rings is 1. The van der Waals surface area contributed by atoms with Crippen LogP contribution in [0, 0.1) is 0 Å². The molecule has 0 aliphatic carbocycles. The molecule has 1 aliphatic heterocycles. The summed E-state index contributed by atoms with van der Waals surface area (Å²) in [5.41, 5.74) is 1.83. The number of carbonyl (C=O) groups is 1. The first-order chi connectivity index (χ1) is 11.3. The molecule has 0 atom stereocenters.